The van der Waals surface area contributed by atoms with E-state index < -0.39 is 15.8 Å². The Bertz CT molecular complexity index is 1920. The van der Waals surface area contributed by atoms with E-state index in [4.69, 9.17) is 9.47 Å². The van der Waals surface area contributed by atoms with Crippen molar-refractivity contribution in [2.75, 3.05) is 13.2 Å². The van der Waals surface area contributed by atoms with Crippen molar-refractivity contribution in [3.05, 3.63) is 163 Å². The summed E-state index contributed by atoms with van der Waals surface area (Å²) in [6.07, 6.45) is 7.86. The molecule has 1 aliphatic heterocycles. The number of ether oxygens (including phenoxy) is 2. The zero-order valence-electron chi connectivity index (χ0n) is 36.1. The Morgan fingerprint density at radius 1 is 0.627 bits per heavy atom. The molecule has 0 atom stereocenters. The second-order valence-electron chi connectivity index (χ2n) is 16.8. The Hall–Kier alpha value is -2.69. The van der Waals surface area contributed by atoms with Crippen molar-refractivity contribution < 1.29 is 26.5 Å². The van der Waals surface area contributed by atoms with E-state index in [0.717, 1.165) is 50.2 Å². The number of rotatable bonds is 17. The minimum atomic E-state index is -0.732. The standard InChI is InChI=1S/C42H47O2P2.C11H18P.Fe/c1-42(2,31-29-40-43-32-17-33-44-40)30-16-15-18-34-27-28-39(45(35-19-7-3-8-20-35)36-21-9-4-10-22-36)41(34)46(37-23-11-5-12-24-37)38-25-13-6-14-26-38;1-9(2)12(10(3)4)11-7-5-6-8-11;/h3-14,19-28,40H,15-18,29-33H2,1-2H3;5-10H,1-4H3;/q2*-1;+2. The number of hydrogen-bond donors (Lipinski definition) is 0. The molecule has 6 heteroatoms. The van der Waals surface area contributed by atoms with Crippen molar-refractivity contribution in [3.8, 4) is 0 Å². The molecule has 312 valence electrons. The first-order valence-corrected chi connectivity index (χ1v) is 25.7. The first kappa shape index (κ1) is 47.4. The van der Waals surface area contributed by atoms with Crippen LogP contribution in [0.2, 0.25) is 0 Å². The normalized spacial score (nSPS) is 13.5. The molecular formula is C53H65FeO2P3. The second kappa shape index (κ2) is 24.1. The molecular weight excluding hydrogens is 817 g/mol. The van der Waals surface area contributed by atoms with Gasteiger partial charge in [-0.3, -0.25) is 0 Å². The molecule has 1 fully saturated rings. The smallest absolute Gasteiger partial charge is 0.353 e. The van der Waals surface area contributed by atoms with Gasteiger partial charge in [-0.2, -0.15) is 34.9 Å². The third-order valence-corrected chi connectivity index (χ3v) is 19.5. The molecule has 0 aliphatic carbocycles. The average Bonchev–Trinajstić information content (AvgIpc) is 3.92. The van der Waals surface area contributed by atoms with E-state index in [1.54, 1.807) is 10.6 Å². The Morgan fingerprint density at radius 3 is 1.58 bits per heavy atom. The fourth-order valence-corrected chi connectivity index (χ4v) is 16.7. The first-order chi connectivity index (χ1) is 28.2. The Labute approximate surface area is 371 Å². The van der Waals surface area contributed by atoms with E-state index in [2.05, 4.69) is 199 Å². The van der Waals surface area contributed by atoms with Crippen molar-refractivity contribution in [2.24, 2.45) is 5.41 Å². The van der Waals surface area contributed by atoms with Crippen LogP contribution in [0, 0.1) is 5.41 Å². The first-order valence-electron chi connectivity index (χ1n) is 21.5. The van der Waals surface area contributed by atoms with Crippen LogP contribution < -0.4 is 37.1 Å². The summed E-state index contributed by atoms with van der Waals surface area (Å²) in [6, 6.07) is 58.6. The topological polar surface area (TPSA) is 18.5 Å². The van der Waals surface area contributed by atoms with Gasteiger partial charge in [0.15, 0.2) is 6.29 Å². The van der Waals surface area contributed by atoms with Gasteiger partial charge in [0.05, 0.1) is 13.2 Å². The van der Waals surface area contributed by atoms with Gasteiger partial charge in [-0.25, -0.2) is 12.1 Å². The molecule has 1 aliphatic rings. The van der Waals surface area contributed by atoms with E-state index in [9.17, 15) is 0 Å². The number of unbranched alkanes of at least 4 members (excludes halogenated alkanes) is 1. The minimum absolute atomic E-state index is 0. The minimum Gasteiger partial charge on any atom is -0.353 e. The van der Waals surface area contributed by atoms with Gasteiger partial charge in [-0.05, 0) is 71.6 Å². The molecule has 0 N–H and O–H groups in total. The van der Waals surface area contributed by atoms with E-state index in [0.29, 0.717) is 0 Å². The second-order valence-corrected chi connectivity index (χ2v) is 24.5. The van der Waals surface area contributed by atoms with E-state index >= 15 is 0 Å². The van der Waals surface area contributed by atoms with E-state index in [1.807, 2.05) is 0 Å². The molecule has 0 saturated carbocycles. The van der Waals surface area contributed by atoms with Crippen LogP contribution in [0.25, 0.3) is 0 Å². The van der Waals surface area contributed by atoms with Crippen LogP contribution in [0.3, 0.4) is 0 Å². The Kier molecular flexibility index (Phi) is 19.3. The van der Waals surface area contributed by atoms with Crippen LogP contribution in [0.1, 0.15) is 85.6 Å². The van der Waals surface area contributed by atoms with Crippen LogP contribution in [0.5, 0.6) is 0 Å². The number of hydrogen-bond acceptors (Lipinski definition) is 2. The maximum atomic E-state index is 5.83. The summed E-state index contributed by atoms with van der Waals surface area (Å²) >= 11 is 0. The predicted octanol–water partition coefficient (Wildman–Crippen LogP) is 11.5. The van der Waals surface area contributed by atoms with Crippen molar-refractivity contribution in [1.29, 1.82) is 0 Å². The van der Waals surface area contributed by atoms with Gasteiger partial charge in [0.1, 0.15) is 0 Å². The molecule has 59 heavy (non-hydrogen) atoms. The molecule has 0 spiro atoms. The molecule has 1 heterocycles. The fraction of sp³-hybridized carbons (Fsp3) is 0.358. The molecule has 0 aromatic heterocycles. The molecule has 7 rings (SSSR count). The van der Waals surface area contributed by atoms with Gasteiger partial charge in [0.25, 0.3) is 0 Å². The van der Waals surface area contributed by atoms with E-state index in [1.165, 1.54) is 51.3 Å². The third kappa shape index (κ3) is 13.6. The monoisotopic (exact) mass is 882 g/mol. The van der Waals surface area contributed by atoms with Crippen LogP contribution in [-0.4, -0.2) is 30.8 Å². The molecule has 0 amide bonds. The van der Waals surface area contributed by atoms with Crippen LogP contribution >= 0.6 is 23.8 Å². The van der Waals surface area contributed by atoms with Gasteiger partial charge < -0.3 is 9.47 Å². The molecule has 6 aromatic rings. The quantitative estimate of drug-likeness (QED) is 0.0393. The van der Waals surface area contributed by atoms with Crippen molar-refractivity contribution in [3.63, 3.8) is 0 Å². The molecule has 0 unspecified atom stereocenters. The number of benzene rings is 4. The summed E-state index contributed by atoms with van der Waals surface area (Å²) in [5, 5.41) is 10.3. The van der Waals surface area contributed by atoms with Gasteiger partial charge >= 0.3 is 17.1 Å². The summed E-state index contributed by atoms with van der Waals surface area (Å²) in [6.45, 7) is 15.8. The van der Waals surface area contributed by atoms with Gasteiger partial charge in [-0.1, -0.05) is 190 Å². The Balaban J connectivity index is 0.000000439. The van der Waals surface area contributed by atoms with Crippen LogP contribution in [-0.2, 0) is 33.0 Å². The molecule has 2 nitrogen and oxygen atoms in total. The number of aryl methyl sites for hydroxylation is 1. The zero-order valence-corrected chi connectivity index (χ0v) is 39.9. The average molecular weight is 883 g/mol. The summed E-state index contributed by atoms with van der Waals surface area (Å²) < 4.78 is 11.7. The summed E-state index contributed by atoms with van der Waals surface area (Å²) in [5.74, 6) is 0. The van der Waals surface area contributed by atoms with Crippen LogP contribution in [0.15, 0.2) is 158 Å². The summed E-state index contributed by atoms with van der Waals surface area (Å²) in [5.41, 5.74) is 3.42. The van der Waals surface area contributed by atoms with E-state index in [-0.39, 0.29) is 36.7 Å². The van der Waals surface area contributed by atoms with Crippen LogP contribution in [0.4, 0.5) is 0 Å². The summed E-state index contributed by atoms with van der Waals surface area (Å²) in [7, 11) is -1.38. The molecule has 0 bridgehead atoms. The molecule has 0 radical (unpaired) electrons. The Morgan fingerprint density at radius 2 is 1.12 bits per heavy atom. The fourth-order valence-electron chi connectivity index (χ4n) is 8.27. The maximum Gasteiger partial charge on any atom is 2.00 e. The molecule has 6 aromatic carbocycles. The van der Waals surface area contributed by atoms with Crippen molar-refractivity contribution >= 4 is 60.9 Å². The third-order valence-electron chi connectivity index (χ3n) is 11.1. The van der Waals surface area contributed by atoms with Gasteiger partial charge in [0, 0.05) is 0 Å². The van der Waals surface area contributed by atoms with Gasteiger partial charge in [0.2, 0.25) is 0 Å². The zero-order chi connectivity index (χ0) is 40.7. The SMILES string of the molecule is CC(C)(CCCC[c-]1ccc(P(c2ccccc2)c2ccccc2)c1P(c1ccccc1)c1ccccc1)CCC1OCCCO1.CC(C)P(c1cc[cH-]c1)C(C)C.[Fe+2]. The largest absolute Gasteiger partial charge is 2.00 e. The van der Waals surface area contributed by atoms with Crippen molar-refractivity contribution in [1.82, 2.24) is 0 Å². The van der Waals surface area contributed by atoms with Gasteiger partial charge in [-0.15, -0.1) is 18.8 Å². The molecule has 1 saturated heterocycles. The maximum absolute atomic E-state index is 5.83. The van der Waals surface area contributed by atoms with Crippen molar-refractivity contribution in [2.45, 2.75) is 104 Å². The predicted molar refractivity (Wildman–Crippen MR) is 259 cm³/mol. The summed E-state index contributed by atoms with van der Waals surface area (Å²) in [4.78, 5) is 0.